The van der Waals surface area contributed by atoms with Crippen molar-refractivity contribution in [2.24, 2.45) is 0 Å². The molecule has 0 unspecified atom stereocenters. The van der Waals surface area contributed by atoms with Gasteiger partial charge in [-0.25, -0.2) is 8.42 Å². The molecule has 0 N–H and O–H groups in total. The summed E-state index contributed by atoms with van der Waals surface area (Å²) in [4.78, 5) is 0. The number of hydrogen-bond donors (Lipinski definition) is 0. The second kappa shape index (κ2) is 5.19. The lowest BCUT2D eigenvalue weighted by Gasteiger charge is -2.24. The van der Waals surface area contributed by atoms with Crippen LogP contribution in [-0.2, 0) is 22.2 Å². The molecular weight excluding hydrogens is 282 g/mol. The van der Waals surface area contributed by atoms with Crippen molar-refractivity contribution in [1.29, 1.82) is 0 Å². The van der Waals surface area contributed by atoms with Crippen LogP contribution in [-0.4, -0.2) is 14.5 Å². The molecule has 4 heteroatoms. The largest absolute Gasteiger partial charge is 0.267 e. The molecule has 2 aromatic carbocycles. The normalized spacial score (nSPS) is 17.8. The molecule has 3 nitrogen and oxygen atoms in total. The Morgan fingerprint density at radius 1 is 1.10 bits per heavy atom. The van der Waals surface area contributed by atoms with Crippen LogP contribution in [0.4, 0.5) is 5.69 Å². The Bertz CT molecular complexity index is 751. The van der Waals surface area contributed by atoms with Gasteiger partial charge < -0.3 is 0 Å². The third-order valence-corrected chi connectivity index (χ3v) is 5.77. The quantitative estimate of drug-likeness (QED) is 0.872. The summed E-state index contributed by atoms with van der Waals surface area (Å²) in [5.41, 5.74) is 3.91. The summed E-state index contributed by atoms with van der Waals surface area (Å²) in [5, 5.41) is 0. The number of nitrogens with zero attached hydrogens (tertiary/aromatic N) is 1. The summed E-state index contributed by atoms with van der Waals surface area (Å²) in [6.45, 7) is 3.96. The average molecular weight is 301 g/mol. The molecule has 1 aliphatic heterocycles. The first-order valence-corrected chi connectivity index (χ1v) is 8.74. The fraction of sp³-hybridized carbons (Fsp3) is 0.294. The molecule has 0 radical (unpaired) electrons. The van der Waals surface area contributed by atoms with Crippen LogP contribution in [0.2, 0.25) is 0 Å². The first-order valence-electron chi connectivity index (χ1n) is 7.13. The molecule has 0 saturated carbocycles. The number of aryl methyl sites for hydroxylation is 1. The van der Waals surface area contributed by atoms with Gasteiger partial charge in [-0.3, -0.25) is 4.31 Å². The highest BCUT2D eigenvalue weighted by Crippen LogP contribution is 2.35. The van der Waals surface area contributed by atoms with Crippen molar-refractivity contribution >= 4 is 15.7 Å². The minimum Gasteiger partial charge on any atom is -0.267 e. The van der Waals surface area contributed by atoms with E-state index in [4.69, 9.17) is 0 Å². The maximum atomic E-state index is 12.8. The third-order valence-electron chi connectivity index (χ3n) is 3.91. The van der Waals surface area contributed by atoms with E-state index in [0.717, 1.165) is 28.8 Å². The van der Waals surface area contributed by atoms with Gasteiger partial charge in [-0.15, -0.1) is 0 Å². The topological polar surface area (TPSA) is 37.4 Å². The van der Waals surface area contributed by atoms with Crippen molar-refractivity contribution < 1.29 is 8.42 Å². The summed E-state index contributed by atoms with van der Waals surface area (Å²) < 4.78 is 27.2. The predicted molar refractivity (Wildman–Crippen MR) is 85.9 cm³/mol. The molecule has 1 aliphatic rings. The standard InChI is InChI=1S/C17H19NO2S/c1-13-7-9-15(10-8-13)12-21(19,20)18-14(2)11-16-5-3-4-6-17(16)18/h3-10,14H,11-12H2,1-2H3/t14-/m1/s1. The number of benzene rings is 2. The predicted octanol–water partition coefficient (Wildman–Crippen LogP) is 3.28. The number of hydrogen-bond acceptors (Lipinski definition) is 2. The van der Waals surface area contributed by atoms with E-state index in [1.807, 2.05) is 62.4 Å². The van der Waals surface area contributed by atoms with Gasteiger partial charge in [-0.1, -0.05) is 48.0 Å². The maximum Gasteiger partial charge on any atom is 0.239 e. The molecule has 0 aromatic heterocycles. The maximum absolute atomic E-state index is 12.8. The van der Waals surface area contributed by atoms with Gasteiger partial charge in [-0.05, 0) is 37.5 Å². The molecule has 0 aliphatic carbocycles. The van der Waals surface area contributed by atoms with Crippen LogP contribution in [0.1, 0.15) is 23.6 Å². The van der Waals surface area contributed by atoms with E-state index in [1.165, 1.54) is 0 Å². The van der Waals surface area contributed by atoms with Gasteiger partial charge in [-0.2, -0.15) is 0 Å². The zero-order valence-electron chi connectivity index (χ0n) is 12.3. The van der Waals surface area contributed by atoms with Gasteiger partial charge in [0.2, 0.25) is 10.0 Å². The fourth-order valence-corrected chi connectivity index (χ4v) is 4.78. The second-order valence-electron chi connectivity index (χ2n) is 5.72. The Hall–Kier alpha value is -1.81. The van der Waals surface area contributed by atoms with Crippen molar-refractivity contribution in [3.05, 3.63) is 65.2 Å². The highest BCUT2D eigenvalue weighted by molar-refractivity contribution is 7.92. The number of fused-ring (bicyclic) bond motifs is 1. The molecule has 1 heterocycles. The Morgan fingerprint density at radius 2 is 1.76 bits per heavy atom. The monoisotopic (exact) mass is 301 g/mol. The van der Waals surface area contributed by atoms with E-state index in [0.29, 0.717) is 0 Å². The number of anilines is 1. The lowest BCUT2D eigenvalue weighted by molar-refractivity contribution is 0.583. The van der Waals surface area contributed by atoms with Gasteiger partial charge in [0, 0.05) is 6.04 Å². The van der Waals surface area contributed by atoms with Crippen LogP contribution in [0.25, 0.3) is 0 Å². The van der Waals surface area contributed by atoms with Crippen molar-refractivity contribution in [2.75, 3.05) is 4.31 Å². The molecule has 21 heavy (non-hydrogen) atoms. The zero-order chi connectivity index (χ0) is 15.0. The second-order valence-corrected chi connectivity index (χ2v) is 7.57. The molecule has 0 spiro atoms. The molecule has 2 aromatic rings. The Labute approximate surface area is 126 Å². The lowest BCUT2D eigenvalue weighted by Crippen LogP contribution is -2.36. The van der Waals surface area contributed by atoms with E-state index in [9.17, 15) is 8.42 Å². The van der Waals surface area contributed by atoms with Crippen molar-refractivity contribution in [2.45, 2.75) is 32.1 Å². The molecule has 0 saturated heterocycles. The molecule has 3 rings (SSSR count). The van der Waals surface area contributed by atoms with Crippen LogP contribution in [0.5, 0.6) is 0 Å². The third kappa shape index (κ3) is 2.68. The summed E-state index contributed by atoms with van der Waals surface area (Å²) in [6.07, 6.45) is 0.781. The summed E-state index contributed by atoms with van der Waals surface area (Å²) in [5.74, 6) is 0.0476. The van der Waals surface area contributed by atoms with E-state index < -0.39 is 10.0 Å². The number of rotatable bonds is 3. The van der Waals surface area contributed by atoms with Crippen LogP contribution in [0.3, 0.4) is 0 Å². The Balaban J connectivity index is 1.93. The fourth-order valence-electron chi connectivity index (χ4n) is 2.93. The first kappa shape index (κ1) is 14.1. The molecule has 0 fully saturated rings. The summed E-state index contributed by atoms with van der Waals surface area (Å²) in [7, 11) is -3.36. The van der Waals surface area contributed by atoms with E-state index in [2.05, 4.69) is 0 Å². The SMILES string of the molecule is Cc1ccc(CS(=O)(=O)N2c3ccccc3C[C@H]2C)cc1. The zero-order valence-corrected chi connectivity index (χ0v) is 13.1. The van der Waals surface area contributed by atoms with Crippen molar-refractivity contribution in [3.63, 3.8) is 0 Å². The van der Waals surface area contributed by atoms with Crippen LogP contribution >= 0.6 is 0 Å². The molecule has 1 atom stereocenters. The molecule has 0 bridgehead atoms. The summed E-state index contributed by atoms with van der Waals surface area (Å²) in [6, 6.07) is 15.4. The highest BCUT2D eigenvalue weighted by Gasteiger charge is 2.34. The van der Waals surface area contributed by atoms with Crippen LogP contribution in [0, 0.1) is 6.92 Å². The number of para-hydroxylation sites is 1. The molecule has 0 amide bonds. The summed E-state index contributed by atoms with van der Waals surface area (Å²) >= 11 is 0. The smallest absolute Gasteiger partial charge is 0.239 e. The van der Waals surface area contributed by atoms with Crippen molar-refractivity contribution in [3.8, 4) is 0 Å². The lowest BCUT2D eigenvalue weighted by atomic mass is 10.1. The van der Waals surface area contributed by atoms with Gasteiger partial charge in [0.15, 0.2) is 0 Å². The number of sulfonamides is 1. The highest BCUT2D eigenvalue weighted by atomic mass is 32.2. The van der Waals surface area contributed by atoms with Gasteiger partial charge in [0.1, 0.15) is 0 Å². The van der Waals surface area contributed by atoms with Crippen LogP contribution < -0.4 is 4.31 Å². The first-order chi connectivity index (χ1) is 9.97. The van der Waals surface area contributed by atoms with Gasteiger partial charge in [0.05, 0.1) is 11.4 Å². The minimum atomic E-state index is -3.36. The van der Waals surface area contributed by atoms with E-state index in [-0.39, 0.29) is 11.8 Å². The van der Waals surface area contributed by atoms with E-state index in [1.54, 1.807) is 4.31 Å². The van der Waals surface area contributed by atoms with Crippen LogP contribution in [0.15, 0.2) is 48.5 Å². The van der Waals surface area contributed by atoms with E-state index >= 15 is 0 Å². The van der Waals surface area contributed by atoms with Crippen molar-refractivity contribution in [1.82, 2.24) is 0 Å². The Morgan fingerprint density at radius 3 is 2.48 bits per heavy atom. The average Bonchev–Trinajstić information content (AvgIpc) is 2.77. The molecule has 110 valence electrons. The molecular formula is C17H19NO2S. The minimum absolute atomic E-state index is 0.0159. The van der Waals surface area contributed by atoms with Gasteiger partial charge in [0.25, 0.3) is 0 Å². The van der Waals surface area contributed by atoms with Gasteiger partial charge >= 0.3 is 0 Å². The Kier molecular flexibility index (Phi) is 3.49.